The van der Waals surface area contributed by atoms with Crippen LogP contribution in [0.5, 0.6) is 0 Å². The van der Waals surface area contributed by atoms with Gasteiger partial charge in [-0.2, -0.15) is 0 Å². The number of likely N-dealkylation sites (tertiary alicyclic amines) is 1. The number of fused-ring (bicyclic) bond motifs is 1. The highest BCUT2D eigenvalue weighted by atomic mass is 127. The summed E-state index contributed by atoms with van der Waals surface area (Å²) in [5.41, 5.74) is 3.15. The van der Waals surface area contributed by atoms with E-state index < -0.39 is 0 Å². The Morgan fingerprint density at radius 2 is 1.82 bits per heavy atom. The number of guanidine groups is 1. The molecule has 2 heterocycles. The van der Waals surface area contributed by atoms with E-state index in [2.05, 4.69) is 50.4 Å². The fourth-order valence-corrected chi connectivity index (χ4v) is 4.48. The van der Waals surface area contributed by atoms with Crippen LogP contribution in [0.2, 0.25) is 0 Å². The second-order valence-corrected chi connectivity index (χ2v) is 8.63. The third kappa shape index (κ3) is 6.24. The predicted molar refractivity (Wildman–Crippen MR) is 142 cm³/mol. The van der Waals surface area contributed by atoms with Crippen LogP contribution < -0.4 is 5.32 Å². The standard InChI is InChI=1S/C25H33N5O2.HI/c1-26-25(27-15-19-9-11-21(12-10-19)24(31)28(2)3)30-17-22-23(18-30)32-14-13-29(22)16-20-7-5-4-6-8-20;/h4-12,22-23H,13-18H2,1-3H3,(H,26,27);1H. The fraction of sp³-hybridized carbons (Fsp3) is 0.440. The lowest BCUT2D eigenvalue weighted by Crippen LogP contribution is -2.50. The molecule has 2 atom stereocenters. The van der Waals surface area contributed by atoms with Gasteiger partial charge in [0, 0.05) is 59.4 Å². The number of carbonyl (C=O) groups is 1. The van der Waals surface area contributed by atoms with Crippen LogP contribution in [0.3, 0.4) is 0 Å². The number of hydrogen-bond acceptors (Lipinski definition) is 4. The Morgan fingerprint density at radius 1 is 1.09 bits per heavy atom. The maximum absolute atomic E-state index is 12.1. The number of carbonyl (C=O) groups excluding carboxylic acids is 1. The van der Waals surface area contributed by atoms with Gasteiger partial charge in [0.25, 0.3) is 5.91 Å². The van der Waals surface area contributed by atoms with Crippen LogP contribution in [0.25, 0.3) is 0 Å². The molecule has 2 fully saturated rings. The molecule has 2 unspecified atom stereocenters. The molecule has 2 aliphatic heterocycles. The number of nitrogens with one attached hydrogen (secondary N) is 1. The average molecular weight is 563 g/mol. The summed E-state index contributed by atoms with van der Waals surface area (Å²) in [7, 11) is 5.35. The lowest BCUT2D eigenvalue weighted by atomic mass is 10.1. The summed E-state index contributed by atoms with van der Waals surface area (Å²) in [6, 6.07) is 18.7. The molecule has 4 rings (SSSR count). The minimum absolute atomic E-state index is 0. The van der Waals surface area contributed by atoms with E-state index in [0.29, 0.717) is 18.2 Å². The van der Waals surface area contributed by atoms with Crippen LogP contribution in [0.1, 0.15) is 21.5 Å². The van der Waals surface area contributed by atoms with Crippen molar-refractivity contribution in [3.05, 3.63) is 71.3 Å². The van der Waals surface area contributed by atoms with Crippen LogP contribution in [0, 0.1) is 0 Å². The van der Waals surface area contributed by atoms with Crippen LogP contribution in [-0.2, 0) is 17.8 Å². The number of morpholine rings is 1. The molecule has 1 N–H and O–H groups in total. The van der Waals surface area contributed by atoms with Crippen LogP contribution >= 0.6 is 24.0 Å². The molecule has 1 amide bonds. The van der Waals surface area contributed by atoms with Gasteiger partial charge in [-0.3, -0.25) is 14.7 Å². The maximum atomic E-state index is 12.1. The molecule has 2 aromatic carbocycles. The monoisotopic (exact) mass is 563 g/mol. The number of ether oxygens (including phenoxy) is 1. The second kappa shape index (κ2) is 11.8. The van der Waals surface area contributed by atoms with Gasteiger partial charge in [-0.05, 0) is 23.3 Å². The van der Waals surface area contributed by atoms with E-state index in [1.165, 1.54) is 5.56 Å². The molecule has 178 valence electrons. The quantitative estimate of drug-likeness (QED) is 0.345. The number of aliphatic imine (C=N–C) groups is 1. The number of rotatable bonds is 5. The Morgan fingerprint density at radius 3 is 2.48 bits per heavy atom. The van der Waals surface area contributed by atoms with E-state index in [1.807, 2.05) is 31.3 Å². The number of halogens is 1. The van der Waals surface area contributed by atoms with Crippen molar-refractivity contribution in [2.24, 2.45) is 4.99 Å². The minimum atomic E-state index is 0. The summed E-state index contributed by atoms with van der Waals surface area (Å²) in [5, 5.41) is 3.48. The first-order valence-corrected chi connectivity index (χ1v) is 11.2. The first kappa shape index (κ1) is 25.5. The number of nitrogens with zero attached hydrogens (tertiary/aromatic N) is 4. The summed E-state index contributed by atoms with van der Waals surface area (Å²) < 4.78 is 6.11. The van der Waals surface area contributed by atoms with Crippen molar-refractivity contribution < 1.29 is 9.53 Å². The fourth-order valence-electron chi connectivity index (χ4n) is 4.48. The maximum Gasteiger partial charge on any atom is 0.253 e. The van der Waals surface area contributed by atoms with Crippen molar-refractivity contribution in [3.8, 4) is 0 Å². The summed E-state index contributed by atoms with van der Waals surface area (Å²) in [6.07, 6.45) is 0.197. The van der Waals surface area contributed by atoms with Gasteiger partial charge < -0.3 is 19.9 Å². The Hall–Kier alpha value is -2.17. The van der Waals surface area contributed by atoms with Gasteiger partial charge in [0.2, 0.25) is 0 Å². The Labute approximate surface area is 213 Å². The second-order valence-electron chi connectivity index (χ2n) is 8.63. The third-order valence-electron chi connectivity index (χ3n) is 6.21. The molecule has 8 heteroatoms. The predicted octanol–water partition coefficient (Wildman–Crippen LogP) is 2.67. The smallest absolute Gasteiger partial charge is 0.253 e. The molecule has 0 aromatic heterocycles. The van der Waals surface area contributed by atoms with Gasteiger partial charge in [0.05, 0.1) is 18.8 Å². The highest BCUT2D eigenvalue weighted by Crippen LogP contribution is 2.24. The molecule has 0 spiro atoms. The molecular formula is C25H34IN5O2. The largest absolute Gasteiger partial charge is 0.373 e. The van der Waals surface area contributed by atoms with Crippen molar-refractivity contribution >= 4 is 35.8 Å². The lowest BCUT2D eigenvalue weighted by molar-refractivity contribution is -0.0502. The molecule has 2 saturated heterocycles. The normalized spacial score (nSPS) is 20.7. The minimum Gasteiger partial charge on any atom is -0.373 e. The SMILES string of the molecule is CN=C(NCc1ccc(C(=O)N(C)C)cc1)N1CC2OCCN(Cc3ccccc3)C2C1.I. The molecule has 0 radical (unpaired) electrons. The molecule has 2 aromatic rings. The molecule has 7 nitrogen and oxygen atoms in total. The van der Waals surface area contributed by atoms with Crippen LogP contribution in [0.15, 0.2) is 59.6 Å². The van der Waals surface area contributed by atoms with Crippen LogP contribution in [0.4, 0.5) is 0 Å². The zero-order valence-corrected chi connectivity index (χ0v) is 21.9. The van der Waals surface area contributed by atoms with Gasteiger partial charge in [0.15, 0.2) is 5.96 Å². The Bertz CT molecular complexity index is 936. The van der Waals surface area contributed by atoms with Gasteiger partial charge >= 0.3 is 0 Å². The summed E-state index contributed by atoms with van der Waals surface area (Å²) >= 11 is 0. The molecule has 0 bridgehead atoms. The van der Waals surface area contributed by atoms with Gasteiger partial charge in [-0.25, -0.2) is 0 Å². The average Bonchev–Trinajstić information content (AvgIpc) is 3.25. The molecule has 0 saturated carbocycles. The summed E-state index contributed by atoms with van der Waals surface area (Å²) in [4.78, 5) is 23.0. The lowest BCUT2D eigenvalue weighted by Gasteiger charge is -2.36. The van der Waals surface area contributed by atoms with Crippen molar-refractivity contribution in [1.82, 2.24) is 20.0 Å². The van der Waals surface area contributed by atoms with Crippen molar-refractivity contribution in [2.75, 3.05) is 47.4 Å². The zero-order valence-electron chi connectivity index (χ0n) is 19.6. The molecule has 33 heavy (non-hydrogen) atoms. The van der Waals surface area contributed by atoms with E-state index in [1.54, 1.807) is 19.0 Å². The van der Waals surface area contributed by atoms with E-state index in [9.17, 15) is 4.79 Å². The molecular weight excluding hydrogens is 529 g/mol. The van der Waals surface area contributed by atoms with Gasteiger partial charge in [-0.1, -0.05) is 42.5 Å². The van der Waals surface area contributed by atoms with Crippen molar-refractivity contribution in [1.29, 1.82) is 0 Å². The first-order valence-electron chi connectivity index (χ1n) is 11.2. The van der Waals surface area contributed by atoms with E-state index in [4.69, 9.17) is 4.74 Å². The van der Waals surface area contributed by atoms with E-state index >= 15 is 0 Å². The topological polar surface area (TPSA) is 60.4 Å². The van der Waals surface area contributed by atoms with E-state index in [-0.39, 0.29) is 36.0 Å². The number of hydrogen-bond donors (Lipinski definition) is 1. The van der Waals surface area contributed by atoms with Gasteiger partial charge in [-0.15, -0.1) is 24.0 Å². The van der Waals surface area contributed by atoms with Crippen molar-refractivity contribution in [3.63, 3.8) is 0 Å². The summed E-state index contributed by atoms with van der Waals surface area (Å²) in [6.45, 7) is 5.06. The Balaban J connectivity index is 0.00000306. The zero-order chi connectivity index (χ0) is 22.5. The van der Waals surface area contributed by atoms with Crippen molar-refractivity contribution in [2.45, 2.75) is 25.2 Å². The Kier molecular flexibility index (Phi) is 9.10. The molecule has 2 aliphatic rings. The number of benzene rings is 2. The third-order valence-corrected chi connectivity index (χ3v) is 6.21. The summed E-state index contributed by atoms with van der Waals surface area (Å²) in [5.74, 6) is 0.899. The first-order chi connectivity index (χ1) is 15.5. The van der Waals surface area contributed by atoms with Crippen LogP contribution in [-0.4, -0.2) is 86.1 Å². The molecule has 0 aliphatic carbocycles. The van der Waals surface area contributed by atoms with Gasteiger partial charge in [0.1, 0.15) is 0 Å². The van der Waals surface area contributed by atoms with E-state index in [0.717, 1.165) is 44.3 Å². The highest BCUT2D eigenvalue weighted by molar-refractivity contribution is 14.0. The highest BCUT2D eigenvalue weighted by Gasteiger charge is 2.41. The number of amides is 1.